The number of nitrogens with zero attached hydrogens (tertiary/aromatic N) is 3. The zero-order chi connectivity index (χ0) is 28.1. The molecule has 40 heavy (non-hydrogen) atoms. The maximum atomic E-state index is 14.8. The van der Waals surface area contributed by atoms with Crippen molar-refractivity contribution >= 4 is 28.4 Å². The molecule has 1 atom stereocenters. The number of hydrogen-bond donors (Lipinski definition) is 1. The zero-order valence-corrected chi connectivity index (χ0v) is 23.3. The molecule has 1 aliphatic heterocycles. The van der Waals surface area contributed by atoms with E-state index < -0.39 is 28.7 Å². The minimum Gasteiger partial charge on any atom is -0.476 e. The van der Waals surface area contributed by atoms with E-state index in [2.05, 4.69) is 16.8 Å². The fraction of sp³-hybridized carbons (Fsp3) is 0.276. The number of thiol groups is 1. The van der Waals surface area contributed by atoms with Gasteiger partial charge < -0.3 is 5.11 Å². The number of carbonyl (C=O) groups is 1. The zero-order valence-electron chi connectivity index (χ0n) is 21.6. The first-order valence-electron chi connectivity index (χ1n) is 12.8. The van der Waals surface area contributed by atoms with Crippen LogP contribution in [0.4, 0.5) is 8.78 Å². The van der Waals surface area contributed by atoms with Gasteiger partial charge in [0.25, 0.3) is 16.0 Å². The summed E-state index contributed by atoms with van der Waals surface area (Å²) in [7, 11) is 0. The molecule has 1 N–H and O–H groups in total. The Morgan fingerprint density at radius 3 is 2.70 bits per heavy atom. The maximum Gasteiger partial charge on any atom is 0.355 e. The molecule has 3 heterocycles. The van der Waals surface area contributed by atoms with E-state index in [1.807, 2.05) is 13.8 Å². The molecule has 204 valence electrons. The van der Waals surface area contributed by atoms with E-state index in [0.717, 1.165) is 35.4 Å². The average Bonchev–Trinajstić information content (AvgIpc) is 3.45. The number of carboxylic acid groups (broad SMARTS) is 1. The second kappa shape index (κ2) is 10.3. The SMILES string of the molecule is CC(C)C#Cc1cc(-c2nn(-c3nc(C(=O)O)cs3)c(CC3CC3)c2Cc2cc(F)c3c(c2)O[SH+]3=O)ccc1F. The smallest absolute Gasteiger partial charge is 0.355 e. The van der Waals surface area contributed by atoms with Crippen LogP contribution in [0.25, 0.3) is 16.4 Å². The Morgan fingerprint density at radius 2 is 2.05 bits per heavy atom. The minimum atomic E-state index is -2.17. The van der Waals surface area contributed by atoms with Crippen molar-refractivity contribution in [2.24, 2.45) is 11.8 Å². The molecule has 2 aromatic carbocycles. The number of aromatic nitrogens is 3. The number of rotatable bonds is 7. The summed E-state index contributed by atoms with van der Waals surface area (Å²) in [5.74, 6) is 4.48. The van der Waals surface area contributed by atoms with Crippen molar-refractivity contribution in [3.8, 4) is 34.0 Å². The summed E-state index contributed by atoms with van der Waals surface area (Å²) in [4.78, 5) is 15.9. The van der Waals surface area contributed by atoms with Crippen molar-refractivity contribution in [2.75, 3.05) is 0 Å². The van der Waals surface area contributed by atoms with Gasteiger partial charge in [-0.1, -0.05) is 29.9 Å². The molecule has 7 nitrogen and oxygen atoms in total. The van der Waals surface area contributed by atoms with Crippen LogP contribution in [0.5, 0.6) is 5.75 Å². The summed E-state index contributed by atoms with van der Waals surface area (Å²) in [5, 5.41) is 16.2. The first-order chi connectivity index (χ1) is 19.2. The lowest BCUT2D eigenvalue weighted by atomic mass is 9.96. The van der Waals surface area contributed by atoms with E-state index in [4.69, 9.17) is 9.28 Å². The number of carboxylic acids is 1. The largest absolute Gasteiger partial charge is 0.476 e. The summed E-state index contributed by atoms with van der Waals surface area (Å²) in [6.45, 7) is 3.84. The Morgan fingerprint density at radius 1 is 1.25 bits per heavy atom. The molecule has 2 aliphatic rings. The molecular formula is C29H24F2N3O4S2+. The van der Waals surface area contributed by atoms with Gasteiger partial charge in [-0.25, -0.2) is 23.2 Å². The van der Waals surface area contributed by atoms with Crippen LogP contribution in [-0.4, -0.2) is 25.8 Å². The highest BCUT2D eigenvalue weighted by Gasteiger charge is 2.38. The van der Waals surface area contributed by atoms with Crippen molar-refractivity contribution in [1.29, 1.82) is 0 Å². The van der Waals surface area contributed by atoms with Gasteiger partial charge in [0.1, 0.15) is 5.82 Å². The van der Waals surface area contributed by atoms with Gasteiger partial charge in [-0.15, -0.1) is 11.3 Å². The van der Waals surface area contributed by atoms with Gasteiger partial charge in [-0.05, 0) is 61.1 Å². The highest BCUT2D eigenvalue weighted by atomic mass is 32.2. The molecular weight excluding hydrogens is 556 g/mol. The van der Waals surface area contributed by atoms with Gasteiger partial charge in [-0.3, -0.25) is 4.18 Å². The fourth-order valence-corrected chi connectivity index (χ4v) is 6.18. The minimum absolute atomic E-state index is 0.0549. The number of halogens is 2. The normalized spacial score (nSPS) is 15.7. The molecule has 1 unspecified atom stereocenters. The van der Waals surface area contributed by atoms with Crippen LogP contribution in [0.3, 0.4) is 0 Å². The number of thiazole rings is 1. The lowest BCUT2D eigenvalue weighted by Crippen LogP contribution is -2.16. The molecule has 6 rings (SSSR count). The average molecular weight is 581 g/mol. The molecule has 0 spiro atoms. The molecule has 0 saturated heterocycles. The van der Waals surface area contributed by atoms with Gasteiger partial charge in [0.2, 0.25) is 10.9 Å². The molecule has 1 aliphatic carbocycles. The maximum absolute atomic E-state index is 14.8. The molecule has 11 heteroatoms. The molecule has 0 bridgehead atoms. The molecule has 1 saturated carbocycles. The molecule has 2 aromatic heterocycles. The second-order valence-electron chi connectivity index (χ2n) is 10.2. The van der Waals surface area contributed by atoms with E-state index in [9.17, 15) is 22.9 Å². The topological polar surface area (TPSA) is 94.3 Å². The third-order valence-corrected chi connectivity index (χ3v) is 8.71. The standard InChI is InChI=1S/C29H23F2N3O4S2/c1-15(2)3-6-18-13-19(7-8-21(18)30)26-20(9-17-10-22(31)27-25(12-17)38-40(27)37)24(11-16-4-5-16)34(33-26)29-32-23(14-39-29)28(35)36/h7-8,10,12-16H,4-5,9,11H2,1-2H3,(H,35,36)/p+1. The van der Waals surface area contributed by atoms with E-state index >= 15 is 0 Å². The van der Waals surface area contributed by atoms with Crippen LogP contribution >= 0.6 is 11.3 Å². The van der Waals surface area contributed by atoms with Crippen molar-refractivity contribution < 1.29 is 27.1 Å². The summed E-state index contributed by atoms with van der Waals surface area (Å²) >= 11 is -1.00. The fourth-order valence-electron chi connectivity index (χ4n) is 4.59. The van der Waals surface area contributed by atoms with E-state index in [1.165, 1.54) is 17.5 Å². The van der Waals surface area contributed by atoms with Crippen molar-refractivity contribution in [1.82, 2.24) is 14.8 Å². The van der Waals surface area contributed by atoms with Crippen LogP contribution in [-0.2, 0) is 28.1 Å². The van der Waals surface area contributed by atoms with Gasteiger partial charge in [0.05, 0.1) is 17.0 Å². The molecule has 1 fully saturated rings. The Labute approximate surface area is 235 Å². The number of aromatic carboxylic acids is 1. The summed E-state index contributed by atoms with van der Waals surface area (Å²) in [5.41, 5.74) is 3.55. The van der Waals surface area contributed by atoms with Gasteiger partial charge in [-0.2, -0.15) is 5.10 Å². The summed E-state index contributed by atoms with van der Waals surface area (Å²) in [6, 6.07) is 7.66. The second-order valence-corrected chi connectivity index (χ2v) is 12.2. The van der Waals surface area contributed by atoms with E-state index in [1.54, 1.807) is 22.9 Å². The lowest BCUT2D eigenvalue weighted by Gasteiger charge is -2.14. The third-order valence-electron chi connectivity index (χ3n) is 6.73. The lowest BCUT2D eigenvalue weighted by molar-refractivity contribution is 0.0691. The molecule has 0 radical (unpaired) electrons. The van der Waals surface area contributed by atoms with E-state index in [0.29, 0.717) is 34.3 Å². The Hall–Kier alpha value is -3.88. The Kier molecular flexibility index (Phi) is 6.76. The van der Waals surface area contributed by atoms with Crippen molar-refractivity contribution in [3.05, 3.63) is 75.4 Å². The van der Waals surface area contributed by atoms with Gasteiger partial charge >= 0.3 is 5.97 Å². The number of fused-ring (bicyclic) bond motifs is 1. The van der Waals surface area contributed by atoms with Crippen molar-refractivity contribution in [2.45, 2.75) is 44.4 Å². The van der Waals surface area contributed by atoms with Crippen LogP contribution < -0.4 is 4.18 Å². The van der Waals surface area contributed by atoms with Crippen LogP contribution in [0.2, 0.25) is 0 Å². The van der Waals surface area contributed by atoms with Gasteiger partial charge in [0, 0.05) is 28.8 Å². The predicted molar refractivity (Wildman–Crippen MR) is 147 cm³/mol. The number of benzene rings is 2. The molecule has 4 aromatic rings. The first-order valence-corrected chi connectivity index (χ1v) is 14.8. The highest BCUT2D eigenvalue weighted by molar-refractivity contribution is 7.82. The van der Waals surface area contributed by atoms with Crippen LogP contribution in [0.15, 0.2) is 40.6 Å². The van der Waals surface area contributed by atoms with Crippen LogP contribution in [0.1, 0.15) is 59.6 Å². The van der Waals surface area contributed by atoms with E-state index in [-0.39, 0.29) is 34.2 Å². The molecule has 0 amide bonds. The summed E-state index contributed by atoms with van der Waals surface area (Å²) < 4.78 is 48.1. The summed E-state index contributed by atoms with van der Waals surface area (Å²) in [6.07, 6.45) is 3.04. The monoisotopic (exact) mass is 580 g/mol. The quantitative estimate of drug-likeness (QED) is 0.167. The number of hydrogen-bond acceptors (Lipinski definition) is 6. The first kappa shape index (κ1) is 26.3. The predicted octanol–water partition coefficient (Wildman–Crippen LogP) is 5.89. The van der Waals surface area contributed by atoms with Crippen LogP contribution in [0, 0.1) is 35.3 Å². The Bertz CT molecular complexity index is 1750. The van der Waals surface area contributed by atoms with Crippen molar-refractivity contribution in [3.63, 3.8) is 0 Å². The van der Waals surface area contributed by atoms with Gasteiger partial charge in [0.15, 0.2) is 11.5 Å². The highest BCUT2D eigenvalue weighted by Crippen LogP contribution is 2.40. The third kappa shape index (κ3) is 5.05. The Balaban J connectivity index is 1.53.